The zero-order valence-electron chi connectivity index (χ0n) is 6.65. The molecule has 0 amide bonds. The zero-order valence-corrected chi connectivity index (χ0v) is 5.65. The third-order valence-corrected chi connectivity index (χ3v) is 0. The molecule has 0 aliphatic heterocycles. The van der Waals surface area contributed by atoms with Gasteiger partial charge >= 0.3 is 18.9 Å². The number of hydrogen-bond donors (Lipinski definition) is 1. The second-order valence-corrected chi connectivity index (χ2v) is 2.37. The van der Waals surface area contributed by atoms with E-state index in [0.717, 1.165) is 0 Å². The van der Waals surface area contributed by atoms with Gasteiger partial charge in [-0.3, -0.25) is 0 Å². The number of rotatable bonds is 0. The quantitative estimate of drug-likeness (QED) is 0.328. The minimum absolute atomic E-state index is 0. The maximum atomic E-state index is 5.35. The fraction of sp³-hybridized carbons (Fsp3) is 1.00. The Morgan fingerprint density at radius 2 is 1.29 bits per heavy atom. The Hall–Kier alpha value is 0.622. The molecule has 0 saturated carbocycles. The van der Waals surface area contributed by atoms with E-state index in [1.54, 1.807) is 0 Å². The fourth-order valence-electron chi connectivity index (χ4n) is 0. The average Bonchev–Trinajstić information content (AvgIpc) is 0.722. The summed E-state index contributed by atoms with van der Waals surface area (Å²) in [4.78, 5) is 0. The van der Waals surface area contributed by atoms with E-state index in [2.05, 4.69) is 0 Å². The first kappa shape index (κ1) is 15.6. The molecule has 3 radical (unpaired) electrons. The molecule has 2 N–H and O–H groups in total. The minimum atomic E-state index is 0. The third-order valence-electron chi connectivity index (χ3n) is 0. The van der Waals surface area contributed by atoms with Crippen molar-refractivity contribution in [2.75, 3.05) is 0 Å². The molecule has 0 bridgehead atoms. The van der Waals surface area contributed by atoms with E-state index in [-0.39, 0.29) is 34.2 Å². The van der Waals surface area contributed by atoms with E-state index in [4.69, 9.17) is 5.73 Å². The van der Waals surface area contributed by atoms with Crippen LogP contribution in [0.2, 0.25) is 0 Å². The van der Waals surface area contributed by atoms with Gasteiger partial charge in [-0.15, -0.1) is 0 Å². The van der Waals surface area contributed by atoms with Crippen LogP contribution in [0.25, 0.3) is 0 Å². The van der Waals surface area contributed by atoms with E-state index in [1.807, 2.05) is 20.8 Å². The monoisotopic (exact) mass is 92.1 g/mol. The van der Waals surface area contributed by atoms with Crippen LogP contribution < -0.4 is 24.6 Å². The van der Waals surface area contributed by atoms with Crippen LogP contribution in [-0.4, -0.2) is 14.0 Å². The SMILES string of the molecule is CC(C)(C)N.[B].[H-].[Li+]. The molecule has 0 atom stereocenters. The summed E-state index contributed by atoms with van der Waals surface area (Å²) in [7, 11) is 0. The summed E-state index contributed by atoms with van der Waals surface area (Å²) in [6, 6.07) is 0. The van der Waals surface area contributed by atoms with Gasteiger partial charge in [0.2, 0.25) is 0 Å². The minimum Gasteiger partial charge on any atom is -1.00 e. The van der Waals surface area contributed by atoms with Crippen LogP contribution in [0.15, 0.2) is 0 Å². The molecule has 0 aromatic carbocycles. The predicted octanol–water partition coefficient (Wildman–Crippen LogP) is -2.52. The maximum absolute atomic E-state index is 5.35. The third kappa shape index (κ3) is 365. The first-order valence-corrected chi connectivity index (χ1v) is 1.79. The largest absolute Gasteiger partial charge is 1.00 e. The van der Waals surface area contributed by atoms with Gasteiger partial charge in [0.05, 0.1) is 0 Å². The molecule has 0 aromatic rings. The van der Waals surface area contributed by atoms with Crippen molar-refractivity contribution in [2.45, 2.75) is 26.3 Å². The Bertz CT molecular complexity index is 31.5. The van der Waals surface area contributed by atoms with Gasteiger partial charge in [-0.25, -0.2) is 0 Å². The molecule has 0 aromatic heterocycles. The van der Waals surface area contributed by atoms with Gasteiger partial charge in [0.1, 0.15) is 0 Å². The van der Waals surface area contributed by atoms with Crippen molar-refractivity contribution in [3.63, 3.8) is 0 Å². The molecule has 0 spiro atoms. The summed E-state index contributed by atoms with van der Waals surface area (Å²) in [5.74, 6) is 0. The molecular formula is C4H12BLiN. The molecular weight excluding hydrogens is 79.8 g/mol. The topological polar surface area (TPSA) is 26.0 Å². The van der Waals surface area contributed by atoms with Crippen molar-refractivity contribution in [3.8, 4) is 0 Å². The number of hydrogen-bond acceptors (Lipinski definition) is 1. The summed E-state index contributed by atoms with van der Waals surface area (Å²) in [6.07, 6.45) is 0. The Balaban J connectivity index is -0.0000000267. The van der Waals surface area contributed by atoms with Gasteiger partial charge in [0.25, 0.3) is 0 Å². The molecule has 37 valence electrons. The van der Waals surface area contributed by atoms with Crippen molar-refractivity contribution in [3.05, 3.63) is 0 Å². The van der Waals surface area contributed by atoms with Gasteiger partial charge in [-0.05, 0) is 20.8 Å². The van der Waals surface area contributed by atoms with Crippen LogP contribution >= 0.6 is 0 Å². The van der Waals surface area contributed by atoms with E-state index < -0.39 is 0 Å². The normalized spacial score (nSPS) is 8.57. The zero-order chi connectivity index (χ0) is 4.50. The van der Waals surface area contributed by atoms with E-state index in [1.165, 1.54) is 0 Å². The van der Waals surface area contributed by atoms with Gasteiger partial charge in [-0.1, -0.05) is 0 Å². The summed E-state index contributed by atoms with van der Waals surface area (Å²) in [6.45, 7) is 5.90. The van der Waals surface area contributed by atoms with Crippen LogP contribution in [0, 0.1) is 0 Å². The van der Waals surface area contributed by atoms with Crippen LogP contribution in [-0.2, 0) is 0 Å². The van der Waals surface area contributed by atoms with Crippen LogP contribution in [0.3, 0.4) is 0 Å². The van der Waals surface area contributed by atoms with Crippen molar-refractivity contribution in [2.24, 2.45) is 5.73 Å². The van der Waals surface area contributed by atoms with Gasteiger partial charge in [0.15, 0.2) is 0 Å². The molecule has 0 aliphatic rings. The molecule has 0 heterocycles. The summed E-state index contributed by atoms with van der Waals surface area (Å²) < 4.78 is 0. The van der Waals surface area contributed by atoms with Gasteiger partial charge < -0.3 is 7.16 Å². The Kier molecular flexibility index (Phi) is 10.7. The average molecular weight is 91.9 g/mol. The van der Waals surface area contributed by atoms with Crippen molar-refractivity contribution in [1.29, 1.82) is 0 Å². The molecule has 1 nitrogen and oxygen atoms in total. The summed E-state index contributed by atoms with van der Waals surface area (Å²) in [5, 5.41) is 0. The fourth-order valence-corrected chi connectivity index (χ4v) is 0. The molecule has 0 aliphatic carbocycles. The first-order chi connectivity index (χ1) is 2.00. The molecule has 0 fully saturated rings. The standard InChI is InChI=1S/C4H11N.B.Li.H/c1-4(2,3)5;;;/h5H2,1-3H3;;;/q;;+1;-1. The van der Waals surface area contributed by atoms with Crippen molar-refractivity contribution in [1.82, 2.24) is 0 Å². The predicted molar refractivity (Wildman–Crippen MR) is 30.8 cm³/mol. The molecule has 0 saturated heterocycles. The summed E-state index contributed by atoms with van der Waals surface area (Å²) >= 11 is 0. The smallest absolute Gasteiger partial charge is 1.00 e. The Labute approximate surface area is 61.3 Å². The van der Waals surface area contributed by atoms with E-state index >= 15 is 0 Å². The van der Waals surface area contributed by atoms with Crippen molar-refractivity contribution >= 4 is 8.41 Å². The molecule has 0 rings (SSSR count). The molecule has 3 heteroatoms. The van der Waals surface area contributed by atoms with Crippen LogP contribution in [0.1, 0.15) is 22.2 Å². The number of nitrogens with two attached hydrogens (primary N) is 1. The second-order valence-electron chi connectivity index (χ2n) is 2.37. The summed E-state index contributed by atoms with van der Waals surface area (Å²) in [5.41, 5.74) is 5.35. The second kappa shape index (κ2) is 4.77. The maximum Gasteiger partial charge on any atom is 1.00 e. The van der Waals surface area contributed by atoms with Gasteiger partial charge in [-0.2, -0.15) is 0 Å². The van der Waals surface area contributed by atoms with E-state index in [0.29, 0.717) is 0 Å². The van der Waals surface area contributed by atoms with Crippen LogP contribution in [0.5, 0.6) is 0 Å². The Morgan fingerprint density at radius 1 is 1.29 bits per heavy atom. The molecule has 0 unspecified atom stereocenters. The van der Waals surface area contributed by atoms with Crippen LogP contribution in [0.4, 0.5) is 0 Å². The van der Waals surface area contributed by atoms with Gasteiger partial charge in [0, 0.05) is 14.0 Å². The molecule has 7 heavy (non-hydrogen) atoms. The first-order valence-electron chi connectivity index (χ1n) is 1.79. The van der Waals surface area contributed by atoms with Crippen molar-refractivity contribution < 1.29 is 20.3 Å². The van der Waals surface area contributed by atoms with E-state index in [9.17, 15) is 0 Å². The Morgan fingerprint density at radius 3 is 1.29 bits per heavy atom.